The van der Waals surface area contributed by atoms with Crippen molar-refractivity contribution in [2.24, 2.45) is 0 Å². The van der Waals surface area contributed by atoms with Gasteiger partial charge in [0.15, 0.2) is 0 Å². The van der Waals surface area contributed by atoms with Crippen LogP contribution >= 0.6 is 11.8 Å². The zero-order valence-electron chi connectivity index (χ0n) is 10.6. The first-order valence-electron chi connectivity index (χ1n) is 6.66. The van der Waals surface area contributed by atoms with Crippen LogP contribution in [0, 0.1) is 0 Å². The van der Waals surface area contributed by atoms with Crippen LogP contribution in [-0.4, -0.2) is 35.8 Å². The lowest BCUT2D eigenvalue weighted by atomic mass is 10.1. The van der Waals surface area contributed by atoms with Crippen LogP contribution in [0.25, 0.3) is 0 Å². The fraction of sp³-hybridized carbons (Fsp3) is 1.00. The second-order valence-electron chi connectivity index (χ2n) is 5.69. The zero-order chi connectivity index (χ0) is 11.4. The molecule has 2 fully saturated rings. The standard InChI is InChI=1S/C13H25NOS/c1-13(2)7-6-11(15-13)9-14-10-12-5-3-4-8-16-12/h11-12,14H,3-10H2,1-2H3. The van der Waals surface area contributed by atoms with Gasteiger partial charge in [-0.2, -0.15) is 11.8 Å². The first-order chi connectivity index (χ1) is 7.66. The van der Waals surface area contributed by atoms with E-state index in [-0.39, 0.29) is 5.60 Å². The van der Waals surface area contributed by atoms with Gasteiger partial charge in [0.25, 0.3) is 0 Å². The van der Waals surface area contributed by atoms with Crippen LogP contribution in [0.3, 0.4) is 0 Å². The first-order valence-corrected chi connectivity index (χ1v) is 7.71. The van der Waals surface area contributed by atoms with Crippen LogP contribution in [0.5, 0.6) is 0 Å². The molecule has 2 atom stereocenters. The second kappa shape index (κ2) is 5.74. The van der Waals surface area contributed by atoms with Gasteiger partial charge in [-0.25, -0.2) is 0 Å². The van der Waals surface area contributed by atoms with E-state index in [1.165, 1.54) is 44.4 Å². The maximum absolute atomic E-state index is 5.97. The Bertz CT molecular complexity index is 214. The van der Waals surface area contributed by atoms with Crippen molar-refractivity contribution in [3.8, 4) is 0 Å². The molecule has 0 saturated carbocycles. The Morgan fingerprint density at radius 2 is 2.12 bits per heavy atom. The number of hydrogen-bond donors (Lipinski definition) is 1. The summed E-state index contributed by atoms with van der Waals surface area (Å²) in [4.78, 5) is 0. The van der Waals surface area contributed by atoms with Crippen molar-refractivity contribution in [3.05, 3.63) is 0 Å². The maximum Gasteiger partial charge on any atom is 0.0707 e. The molecule has 94 valence electrons. The number of thioether (sulfide) groups is 1. The number of hydrogen-bond acceptors (Lipinski definition) is 3. The lowest BCUT2D eigenvalue weighted by molar-refractivity contribution is -0.0141. The van der Waals surface area contributed by atoms with E-state index in [0.29, 0.717) is 6.10 Å². The molecule has 1 N–H and O–H groups in total. The largest absolute Gasteiger partial charge is 0.371 e. The molecule has 2 unspecified atom stereocenters. The molecule has 0 amide bonds. The molecule has 2 heterocycles. The third kappa shape index (κ3) is 3.94. The molecule has 0 spiro atoms. The van der Waals surface area contributed by atoms with Crippen molar-refractivity contribution in [1.82, 2.24) is 5.32 Å². The van der Waals surface area contributed by atoms with Crippen molar-refractivity contribution in [1.29, 1.82) is 0 Å². The van der Waals surface area contributed by atoms with Crippen molar-refractivity contribution in [2.45, 2.75) is 62.9 Å². The Hall–Kier alpha value is 0.270. The highest BCUT2D eigenvalue weighted by molar-refractivity contribution is 7.99. The van der Waals surface area contributed by atoms with Gasteiger partial charge in [0, 0.05) is 18.3 Å². The average Bonchev–Trinajstić information content (AvgIpc) is 2.60. The molecule has 0 bridgehead atoms. The summed E-state index contributed by atoms with van der Waals surface area (Å²) in [6, 6.07) is 0. The molecule has 2 aliphatic heterocycles. The molecule has 0 aromatic rings. The lowest BCUT2D eigenvalue weighted by Crippen LogP contribution is -2.34. The first kappa shape index (κ1) is 12.7. The van der Waals surface area contributed by atoms with E-state index in [1.807, 2.05) is 0 Å². The van der Waals surface area contributed by atoms with Crippen LogP contribution in [0.2, 0.25) is 0 Å². The Labute approximate surface area is 104 Å². The second-order valence-corrected chi connectivity index (χ2v) is 7.09. The normalized spacial score (nSPS) is 34.1. The van der Waals surface area contributed by atoms with Gasteiger partial charge in [-0.05, 0) is 45.3 Å². The fourth-order valence-corrected chi connectivity index (χ4v) is 3.87. The van der Waals surface area contributed by atoms with Crippen LogP contribution in [0.4, 0.5) is 0 Å². The minimum atomic E-state index is 0.117. The van der Waals surface area contributed by atoms with Crippen molar-refractivity contribution >= 4 is 11.8 Å². The number of ether oxygens (including phenoxy) is 1. The predicted octanol–water partition coefficient (Wildman–Crippen LogP) is 2.82. The van der Waals surface area contributed by atoms with E-state index in [1.54, 1.807) is 0 Å². The van der Waals surface area contributed by atoms with E-state index in [9.17, 15) is 0 Å². The SMILES string of the molecule is CC1(C)CCC(CNCC2CCCCS2)O1. The summed E-state index contributed by atoms with van der Waals surface area (Å²) >= 11 is 2.14. The monoisotopic (exact) mass is 243 g/mol. The summed E-state index contributed by atoms with van der Waals surface area (Å²) in [5.74, 6) is 1.36. The van der Waals surface area contributed by atoms with Gasteiger partial charge < -0.3 is 10.1 Å². The third-order valence-electron chi connectivity index (χ3n) is 3.57. The highest BCUT2D eigenvalue weighted by Gasteiger charge is 2.31. The maximum atomic E-state index is 5.97. The molecule has 2 nitrogen and oxygen atoms in total. The predicted molar refractivity (Wildman–Crippen MR) is 71.2 cm³/mol. The molecular formula is C13H25NOS. The Kier molecular flexibility index (Phi) is 4.57. The van der Waals surface area contributed by atoms with Gasteiger partial charge in [0.05, 0.1) is 11.7 Å². The molecule has 0 aromatic heterocycles. The molecule has 0 aliphatic carbocycles. The lowest BCUT2D eigenvalue weighted by Gasteiger charge is -2.23. The van der Waals surface area contributed by atoms with E-state index in [0.717, 1.165) is 11.8 Å². The summed E-state index contributed by atoms with van der Waals surface area (Å²) in [7, 11) is 0. The van der Waals surface area contributed by atoms with Gasteiger partial charge in [-0.3, -0.25) is 0 Å². The molecule has 2 rings (SSSR count). The molecule has 16 heavy (non-hydrogen) atoms. The number of rotatable bonds is 4. The fourth-order valence-electron chi connectivity index (χ4n) is 2.60. The zero-order valence-corrected chi connectivity index (χ0v) is 11.4. The summed E-state index contributed by atoms with van der Waals surface area (Å²) in [5, 5.41) is 4.44. The van der Waals surface area contributed by atoms with Crippen molar-refractivity contribution < 1.29 is 4.74 Å². The summed E-state index contributed by atoms with van der Waals surface area (Å²) in [5.41, 5.74) is 0.117. The number of nitrogens with one attached hydrogen (secondary N) is 1. The van der Waals surface area contributed by atoms with Crippen LogP contribution < -0.4 is 5.32 Å². The smallest absolute Gasteiger partial charge is 0.0707 e. The Balaban J connectivity index is 1.58. The third-order valence-corrected chi connectivity index (χ3v) is 4.97. The van der Waals surface area contributed by atoms with Gasteiger partial charge in [0.1, 0.15) is 0 Å². The van der Waals surface area contributed by atoms with Crippen LogP contribution in [0.15, 0.2) is 0 Å². The Morgan fingerprint density at radius 3 is 2.75 bits per heavy atom. The topological polar surface area (TPSA) is 21.3 Å². The minimum Gasteiger partial charge on any atom is -0.371 e. The summed E-state index contributed by atoms with van der Waals surface area (Å²) in [6.45, 7) is 6.61. The molecule has 0 aromatic carbocycles. The van der Waals surface area contributed by atoms with Gasteiger partial charge >= 0.3 is 0 Å². The Morgan fingerprint density at radius 1 is 1.25 bits per heavy atom. The average molecular weight is 243 g/mol. The van der Waals surface area contributed by atoms with Gasteiger partial charge in [-0.1, -0.05) is 6.42 Å². The molecule has 2 aliphatic rings. The summed E-state index contributed by atoms with van der Waals surface area (Å²) < 4.78 is 5.97. The molecular weight excluding hydrogens is 218 g/mol. The highest BCUT2D eigenvalue weighted by Crippen LogP contribution is 2.29. The molecule has 3 heteroatoms. The van der Waals surface area contributed by atoms with E-state index in [4.69, 9.17) is 4.74 Å². The van der Waals surface area contributed by atoms with Crippen LogP contribution in [-0.2, 0) is 4.74 Å². The molecule has 0 radical (unpaired) electrons. The minimum absolute atomic E-state index is 0.117. The quantitative estimate of drug-likeness (QED) is 0.820. The van der Waals surface area contributed by atoms with Crippen LogP contribution in [0.1, 0.15) is 46.0 Å². The van der Waals surface area contributed by atoms with E-state index >= 15 is 0 Å². The van der Waals surface area contributed by atoms with Gasteiger partial charge in [0.2, 0.25) is 0 Å². The van der Waals surface area contributed by atoms with E-state index < -0.39 is 0 Å². The molecule has 2 saturated heterocycles. The highest BCUT2D eigenvalue weighted by atomic mass is 32.2. The summed E-state index contributed by atoms with van der Waals surface area (Å²) in [6.07, 6.45) is 7.11. The van der Waals surface area contributed by atoms with Crippen molar-refractivity contribution in [2.75, 3.05) is 18.8 Å². The van der Waals surface area contributed by atoms with Crippen molar-refractivity contribution in [3.63, 3.8) is 0 Å². The van der Waals surface area contributed by atoms with E-state index in [2.05, 4.69) is 30.9 Å². The van der Waals surface area contributed by atoms with Gasteiger partial charge in [-0.15, -0.1) is 0 Å².